The monoisotopic (exact) mass is 532 g/mol. The summed E-state index contributed by atoms with van der Waals surface area (Å²) >= 11 is 0. The van der Waals surface area contributed by atoms with Gasteiger partial charge in [-0.1, -0.05) is 30.3 Å². The van der Waals surface area contributed by atoms with E-state index in [9.17, 15) is 28.4 Å². The molecule has 12 heteroatoms. The van der Waals surface area contributed by atoms with E-state index >= 15 is 0 Å². The number of nitrogens with zero attached hydrogens (tertiary/aromatic N) is 2. The van der Waals surface area contributed by atoms with E-state index in [0.29, 0.717) is 17.1 Å². The molecular weight excluding hydrogens is 512 g/mol. The van der Waals surface area contributed by atoms with Gasteiger partial charge in [-0.15, -0.1) is 0 Å². The van der Waals surface area contributed by atoms with Crippen molar-refractivity contribution in [3.8, 4) is 11.5 Å². The minimum absolute atomic E-state index is 0.0415. The number of nitro groups is 1. The Labute approximate surface area is 217 Å². The minimum Gasteiger partial charge on any atom is -0.478 e. The van der Waals surface area contributed by atoms with Gasteiger partial charge in [0.15, 0.2) is 0 Å². The molecular formula is C26H20N4O7S. The molecule has 0 aromatic heterocycles. The zero-order valence-electron chi connectivity index (χ0n) is 19.5. The van der Waals surface area contributed by atoms with Gasteiger partial charge in [0.1, 0.15) is 17.2 Å². The Hall–Kier alpha value is -5.23. The molecule has 38 heavy (non-hydrogen) atoms. The summed E-state index contributed by atoms with van der Waals surface area (Å²) in [6, 6.07) is 24.8. The molecule has 11 nitrogen and oxygen atoms in total. The van der Waals surface area contributed by atoms with Gasteiger partial charge in [-0.05, 0) is 66.2 Å². The zero-order chi connectivity index (χ0) is 27.1. The van der Waals surface area contributed by atoms with Crippen molar-refractivity contribution in [3.05, 3.63) is 118 Å². The number of aromatic carboxylic acids is 1. The lowest BCUT2D eigenvalue weighted by Gasteiger charge is -2.11. The number of ether oxygens (including phenoxy) is 1. The van der Waals surface area contributed by atoms with Crippen LogP contribution in [0.25, 0.3) is 0 Å². The molecule has 0 heterocycles. The van der Waals surface area contributed by atoms with Crippen LogP contribution in [0, 0.1) is 10.1 Å². The topological polar surface area (TPSA) is 160 Å². The molecule has 0 radical (unpaired) electrons. The van der Waals surface area contributed by atoms with E-state index in [-0.39, 0.29) is 16.9 Å². The molecule has 0 aliphatic carbocycles. The summed E-state index contributed by atoms with van der Waals surface area (Å²) in [5, 5.41) is 24.9. The van der Waals surface area contributed by atoms with E-state index in [2.05, 4.69) is 15.2 Å². The van der Waals surface area contributed by atoms with Gasteiger partial charge in [0.25, 0.3) is 15.7 Å². The second kappa shape index (κ2) is 11.2. The lowest BCUT2D eigenvalue weighted by atomic mass is 10.2. The number of benzene rings is 4. The van der Waals surface area contributed by atoms with Crippen LogP contribution in [-0.4, -0.2) is 30.6 Å². The van der Waals surface area contributed by atoms with Crippen molar-refractivity contribution in [3.63, 3.8) is 0 Å². The molecule has 0 saturated heterocycles. The van der Waals surface area contributed by atoms with E-state index in [4.69, 9.17) is 4.74 Å². The maximum Gasteiger partial charge on any atom is 0.337 e. The summed E-state index contributed by atoms with van der Waals surface area (Å²) < 4.78 is 33.5. The fourth-order valence-corrected chi connectivity index (χ4v) is 4.41. The van der Waals surface area contributed by atoms with Gasteiger partial charge in [0.2, 0.25) is 0 Å². The van der Waals surface area contributed by atoms with Crippen LogP contribution >= 0.6 is 0 Å². The Morgan fingerprint density at radius 3 is 2.24 bits per heavy atom. The molecule has 0 spiro atoms. The number of carboxylic acid groups (broad SMARTS) is 1. The largest absolute Gasteiger partial charge is 0.478 e. The second-order valence-electron chi connectivity index (χ2n) is 7.75. The highest BCUT2D eigenvalue weighted by molar-refractivity contribution is 7.92. The Kier molecular flexibility index (Phi) is 7.63. The molecule has 192 valence electrons. The Morgan fingerprint density at radius 1 is 0.895 bits per heavy atom. The Balaban J connectivity index is 1.48. The van der Waals surface area contributed by atoms with Crippen molar-refractivity contribution < 1.29 is 28.0 Å². The summed E-state index contributed by atoms with van der Waals surface area (Å²) in [4.78, 5) is 21.8. The third-order valence-corrected chi connectivity index (χ3v) is 6.50. The molecule has 0 unspecified atom stereocenters. The highest BCUT2D eigenvalue weighted by atomic mass is 32.2. The number of nitro benzene ring substituents is 1. The van der Waals surface area contributed by atoms with Gasteiger partial charge in [0, 0.05) is 6.07 Å². The van der Waals surface area contributed by atoms with Crippen LogP contribution in [0.4, 0.5) is 17.1 Å². The predicted molar refractivity (Wildman–Crippen MR) is 141 cm³/mol. The number of sulfonamides is 1. The fraction of sp³-hybridized carbons (Fsp3) is 0. The highest BCUT2D eigenvalue weighted by Crippen LogP contribution is 2.29. The molecule has 0 bridgehead atoms. The van der Waals surface area contributed by atoms with Crippen molar-refractivity contribution in [2.24, 2.45) is 5.10 Å². The van der Waals surface area contributed by atoms with E-state index in [1.807, 2.05) is 30.3 Å². The van der Waals surface area contributed by atoms with Crippen LogP contribution in [0.1, 0.15) is 15.9 Å². The van der Waals surface area contributed by atoms with E-state index in [1.54, 1.807) is 24.3 Å². The van der Waals surface area contributed by atoms with Gasteiger partial charge < -0.3 is 9.84 Å². The fourth-order valence-electron chi connectivity index (χ4n) is 3.31. The van der Waals surface area contributed by atoms with Gasteiger partial charge in [-0.2, -0.15) is 5.10 Å². The van der Waals surface area contributed by atoms with Crippen LogP contribution in [0.2, 0.25) is 0 Å². The molecule has 4 rings (SSSR count). The molecule has 0 aliphatic rings. The van der Waals surface area contributed by atoms with Crippen molar-refractivity contribution >= 4 is 39.3 Å². The van der Waals surface area contributed by atoms with E-state index < -0.39 is 31.5 Å². The van der Waals surface area contributed by atoms with Gasteiger partial charge in [-0.25, -0.2) is 13.2 Å². The Bertz CT molecular complexity index is 1610. The summed E-state index contributed by atoms with van der Waals surface area (Å²) in [6.45, 7) is 0. The number of hydrogen-bond donors (Lipinski definition) is 3. The average molecular weight is 533 g/mol. The molecule has 0 atom stereocenters. The van der Waals surface area contributed by atoms with Crippen LogP contribution < -0.4 is 14.9 Å². The normalized spacial score (nSPS) is 11.2. The van der Waals surface area contributed by atoms with Gasteiger partial charge in [0.05, 0.1) is 27.3 Å². The zero-order valence-corrected chi connectivity index (χ0v) is 20.3. The number of carbonyl (C=O) groups is 1. The van der Waals surface area contributed by atoms with Crippen LogP contribution in [0.3, 0.4) is 0 Å². The summed E-state index contributed by atoms with van der Waals surface area (Å²) in [5.41, 5.74) is 2.22. The standard InChI is InChI=1S/C26H20N4O7S/c31-26(32)22-8-4-5-9-23(22)29-38(35,36)21-14-15-24(25(16-21)30(33)34)28-27-17-18-10-12-20(13-11-18)37-19-6-2-1-3-7-19/h1-17,28-29H,(H,31,32). The van der Waals surface area contributed by atoms with Crippen molar-refractivity contribution in [2.75, 3.05) is 10.1 Å². The smallest absolute Gasteiger partial charge is 0.337 e. The summed E-state index contributed by atoms with van der Waals surface area (Å²) in [6.07, 6.45) is 1.44. The Morgan fingerprint density at radius 2 is 1.55 bits per heavy atom. The van der Waals surface area contributed by atoms with Crippen LogP contribution in [0.5, 0.6) is 11.5 Å². The van der Waals surface area contributed by atoms with Crippen molar-refractivity contribution in [1.82, 2.24) is 0 Å². The van der Waals surface area contributed by atoms with Crippen LogP contribution in [0.15, 0.2) is 107 Å². The lowest BCUT2D eigenvalue weighted by Crippen LogP contribution is -2.16. The molecule has 3 N–H and O–H groups in total. The number of carboxylic acids is 1. The maximum atomic E-state index is 12.8. The van der Waals surface area contributed by atoms with E-state index in [0.717, 1.165) is 12.1 Å². The first kappa shape index (κ1) is 25.9. The highest BCUT2D eigenvalue weighted by Gasteiger charge is 2.23. The molecule has 4 aromatic carbocycles. The van der Waals surface area contributed by atoms with Crippen molar-refractivity contribution in [1.29, 1.82) is 0 Å². The summed E-state index contributed by atoms with van der Waals surface area (Å²) in [7, 11) is -4.33. The van der Waals surface area contributed by atoms with Gasteiger partial charge in [-0.3, -0.25) is 20.3 Å². The SMILES string of the molecule is O=C(O)c1ccccc1NS(=O)(=O)c1ccc(NN=Cc2ccc(Oc3ccccc3)cc2)c([N+](=O)[O-])c1. The molecule has 0 aliphatic heterocycles. The molecule has 4 aromatic rings. The third kappa shape index (κ3) is 6.30. The quantitative estimate of drug-likeness (QED) is 0.140. The van der Waals surface area contributed by atoms with Crippen LogP contribution in [-0.2, 0) is 10.0 Å². The number of hydrogen-bond acceptors (Lipinski definition) is 8. The first-order chi connectivity index (χ1) is 18.2. The minimum atomic E-state index is -4.33. The number of rotatable bonds is 10. The maximum absolute atomic E-state index is 12.8. The number of nitrogens with one attached hydrogen (secondary N) is 2. The predicted octanol–water partition coefficient (Wildman–Crippen LogP) is 5.33. The second-order valence-corrected chi connectivity index (χ2v) is 9.43. The first-order valence-electron chi connectivity index (χ1n) is 11.0. The van der Waals surface area contributed by atoms with Gasteiger partial charge >= 0.3 is 5.97 Å². The third-order valence-electron chi connectivity index (χ3n) is 5.14. The number of anilines is 2. The van der Waals surface area contributed by atoms with E-state index in [1.165, 1.54) is 36.5 Å². The average Bonchev–Trinajstić information content (AvgIpc) is 2.90. The first-order valence-corrected chi connectivity index (χ1v) is 12.5. The van der Waals surface area contributed by atoms with Crippen molar-refractivity contribution in [2.45, 2.75) is 4.90 Å². The molecule has 0 saturated carbocycles. The lowest BCUT2D eigenvalue weighted by molar-refractivity contribution is -0.384. The number of hydrazone groups is 1. The summed E-state index contributed by atoms with van der Waals surface area (Å²) in [5.74, 6) is -0.0203. The molecule has 0 amide bonds. The number of para-hydroxylation sites is 2. The molecule has 0 fully saturated rings.